The van der Waals surface area contributed by atoms with Crippen LogP contribution < -0.4 is 10.1 Å². The zero-order valence-electron chi connectivity index (χ0n) is 11.3. The van der Waals surface area contributed by atoms with Gasteiger partial charge in [0.25, 0.3) is 0 Å². The minimum absolute atomic E-state index is 0.214. The van der Waals surface area contributed by atoms with E-state index < -0.39 is 0 Å². The second-order valence-corrected chi connectivity index (χ2v) is 5.36. The van der Waals surface area contributed by atoms with Gasteiger partial charge in [-0.15, -0.1) is 0 Å². The molecule has 3 nitrogen and oxygen atoms in total. The van der Waals surface area contributed by atoms with Gasteiger partial charge in [0.05, 0.1) is 7.11 Å². The first kappa shape index (κ1) is 13.2. The molecule has 18 heavy (non-hydrogen) atoms. The second-order valence-electron chi connectivity index (χ2n) is 5.36. The molecule has 0 spiro atoms. The van der Waals surface area contributed by atoms with Gasteiger partial charge in [0.1, 0.15) is 0 Å². The summed E-state index contributed by atoms with van der Waals surface area (Å²) in [6.45, 7) is 4.15. The van der Waals surface area contributed by atoms with Crippen molar-refractivity contribution in [3.05, 3.63) is 23.8 Å². The Bertz CT molecular complexity index is 399. The number of benzene rings is 1. The first-order valence-electron chi connectivity index (χ1n) is 6.76. The maximum Gasteiger partial charge on any atom is 0.160 e. The van der Waals surface area contributed by atoms with Crippen LogP contribution in [-0.4, -0.2) is 18.8 Å². The highest BCUT2D eigenvalue weighted by atomic mass is 16.5. The van der Waals surface area contributed by atoms with E-state index in [1.54, 1.807) is 13.2 Å². The van der Waals surface area contributed by atoms with E-state index in [-0.39, 0.29) is 5.75 Å². The van der Waals surface area contributed by atoms with Crippen LogP contribution in [0.4, 0.5) is 0 Å². The van der Waals surface area contributed by atoms with Crippen molar-refractivity contribution >= 4 is 0 Å². The minimum atomic E-state index is 0.214. The fourth-order valence-electron chi connectivity index (χ4n) is 2.54. The van der Waals surface area contributed by atoms with Gasteiger partial charge in [0, 0.05) is 13.1 Å². The number of hydrogen-bond acceptors (Lipinski definition) is 3. The Hall–Kier alpha value is -1.22. The molecule has 1 aromatic carbocycles. The van der Waals surface area contributed by atoms with Crippen LogP contribution in [0.15, 0.2) is 18.2 Å². The van der Waals surface area contributed by atoms with E-state index in [1.165, 1.54) is 25.7 Å². The largest absolute Gasteiger partial charge is 0.504 e. The summed E-state index contributed by atoms with van der Waals surface area (Å²) in [6, 6.07) is 5.57. The molecular weight excluding hydrogens is 226 g/mol. The zero-order valence-corrected chi connectivity index (χ0v) is 11.3. The lowest BCUT2D eigenvalue weighted by Crippen LogP contribution is -2.23. The van der Waals surface area contributed by atoms with Crippen molar-refractivity contribution in [1.82, 2.24) is 5.32 Å². The summed E-state index contributed by atoms with van der Waals surface area (Å²) in [5, 5.41) is 13.2. The van der Waals surface area contributed by atoms with Crippen molar-refractivity contribution in [3.8, 4) is 11.5 Å². The normalized spacial score (nSPS) is 16.6. The Morgan fingerprint density at radius 2 is 2.17 bits per heavy atom. The Morgan fingerprint density at radius 1 is 1.39 bits per heavy atom. The smallest absolute Gasteiger partial charge is 0.160 e. The first-order valence-corrected chi connectivity index (χ1v) is 6.76. The van der Waals surface area contributed by atoms with Gasteiger partial charge in [0.15, 0.2) is 11.5 Å². The van der Waals surface area contributed by atoms with E-state index in [4.69, 9.17) is 4.74 Å². The van der Waals surface area contributed by atoms with Gasteiger partial charge in [-0.05, 0) is 42.4 Å². The van der Waals surface area contributed by atoms with Crippen LogP contribution in [-0.2, 0) is 6.54 Å². The second kappa shape index (κ2) is 5.61. The standard InChI is InChI=1S/C15H23NO2/c1-3-6-15(7-8-15)11-16-10-12-4-5-14(18-2)13(17)9-12/h4-5,9,16-17H,3,6-8,10-11H2,1-2H3. The fraction of sp³-hybridized carbons (Fsp3) is 0.600. The highest BCUT2D eigenvalue weighted by Gasteiger charge is 2.40. The van der Waals surface area contributed by atoms with Crippen LogP contribution in [0.3, 0.4) is 0 Å². The van der Waals surface area contributed by atoms with Crippen LogP contribution in [0.25, 0.3) is 0 Å². The maximum atomic E-state index is 9.69. The molecule has 1 aromatic rings. The van der Waals surface area contributed by atoms with Gasteiger partial charge in [-0.3, -0.25) is 0 Å². The van der Waals surface area contributed by atoms with Crippen LogP contribution in [0.2, 0.25) is 0 Å². The molecule has 1 aliphatic carbocycles. The lowest BCUT2D eigenvalue weighted by molar-refractivity contribution is 0.372. The van der Waals surface area contributed by atoms with Gasteiger partial charge >= 0.3 is 0 Å². The summed E-state index contributed by atoms with van der Waals surface area (Å²) in [5.41, 5.74) is 1.67. The number of aromatic hydroxyl groups is 1. The maximum absolute atomic E-state index is 9.69. The molecule has 1 saturated carbocycles. The predicted molar refractivity (Wildman–Crippen MR) is 72.9 cm³/mol. The van der Waals surface area contributed by atoms with Crippen LogP contribution >= 0.6 is 0 Å². The van der Waals surface area contributed by atoms with Crippen LogP contribution in [0.1, 0.15) is 38.2 Å². The molecule has 1 fully saturated rings. The molecule has 0 amide bonds. The van der Waals surface area contributed by atoms with Gasteiger partial charge in [-0.2, -0.15) is 0 Å². The summed E-state index contributed by atoms with van der Waals surface area (Å²) >= 11 is 0. The zero-order chi connectivity index (χ0) is 13.0. The van der Waals surface area contributed by atoms with E-state index in [2.05, 4.69) is 12.2 Å². The molecule has 0 unspecified atom stereocenters. The van der Waals surface area contributed by atoms with Crippen molar-refractivity contribution in [2.45, 2.75) is 39.2 Å². The van der Waals surface area contributed by atoms with E-state index in [0.29, 0.717) is 11.2 Å². The van der Waals surface area contributed by atoms with E-state index in [0.717, 1.165) is 18.7 Å². The summed E-state index contributed by atoms with van der Waals surface area (Å²) in [6.07, 6.45) is 5.32. The number of phenols is 1. The monoisotopic (exact) mass is 249 g/mol. The molecule has 1 aliphatic rings. The van der Waals surface area contributed by atoms with Gasteiger partial charge in [0.2, 0.25) is 0 Å². The molecule has 2 N–H and O–H groups in total. The first-order chi connectivity index (χ1) is 8.69. The molecule has 3 heteroatoms. The quantitative estimate of drug-likeness (QED) is 0.780. The summed E-state index contributed by atoms with van der Waals surface area (Å²) < 4.78 is 5.03. The highest BCUT2D eigenvalue weighted by Crippen LogP contribution is 2.48. The van der Waals surface area contributed by atoms with Crippen LogP contribution in [0, 0.1) is 5.41 Å². The molecule has 0 aromatic heterocycles. The van der Waals surface area contributed by atoms with Gasteiger partial charge in [-0.1, -0.05) is 19.4 Å². The van der Waals surface area contributed by atoms with Gasteiger partial charge < -0.3 is 15.2 Å². The average molecular weight is 249 g/mol. The number of methoxy groups -OCH3 is 1. The third-order valence-electron chi connectivity index (χ3n) is 3.81. The number of hydrogen-bond donors (Lipinski definition) is 2. The van der Waals surface area contributed by atoms with Crippen molar-refractivity contribution < 1.29 is 9.84 Å². The van der Waals surface area contributed by atoms with Crippen molar-refractivity contribution in [1.29, 1.82) is 0 Å². The lowest BCUT2D eigenvalue weighted by atomic mass is 10.0. The van der Waals surface area contributed by atoms with E-state index in [9.17, 15) is 5.11 Å². The Balaban J connectivity index is 1.82. The minimum Gasteiger partial charge on any atom is -0.504 e. The number of phenolic OH excluding ortho intramolecular Hbond substituents is 1. The van der Waals surface area contributed by atoms with Gasteiger partial charge in [-0.25, -0.2) is 0 Å². The molecule has 0 saturated heterocycles. The van der Waals surface area contributed by atoms with Crippen molar-refractivity contribution in [3.63, 3.8) is 0 Å². The van der Waals surface area contributed by atoms with Crippen molar-refractivity contribution in [2.24, 2.45) is 5.41 Å². The topological polar surface area (TPSA) is 41.5 Å². The molecule has 0 aliphatic heterocycles. The summed E-state index contributed by atoms with van der Waals surface area (Å²) in [7, 11) is 1.56. The third-order valence-corrected chi connectivity index (χ3v) is 3.81. The molecule has 100 valence electrons. The Kier molecular flexibility index (Phi) is 4.12. The fourth-order valence-corrected chi connectivity index (χ4v) is 2.54. The highest BCUT2D eigenvalue weighted by molar-refractivity contribution is 5.41. The lowest BCUT2D eigenvalue weighted by Gasteiger charge is -2.15. The Morgan fingerprint density at radius 3 is 2.72 bits per heavy atom. The number of ether oxygens (including phenoxy) is 1. The number of nitrogens with one attached hydrogen (secondary N) is 1. The SMILES string of the molecule is CCCC1(CNCc2ccc(OC)c(O)c2)CC1. The van der Waals surface area contributed by atoms with E-state index >= 15 is 0 Å². The molecule has 0 bridgehead atoms. The summed E-state index contributed by atoms with van der Waals surface area (Å²) in [4.78, 5) is 0. The average Bonchev–Trinajstić information content (AvgIpc) is 3.10. The molecule has 0 atom stereocenters. The van der Waals surface area contributed by atoms with E-state index in [1.807, 2.05) is 12.1 Å². The van der Waals surface area contributed by atoms with Crippen LogP contribution in [0.5, 0.6) is 11.5 Å². The number of rotatable bonds is 7. The predicted octanol–water partition coefficient (Wildman–Crippen LogP) is 3.07. The molecule has 2 rings (SSSR count). The molecule has 0 heterocycles. The van der Waals surface area contributed by atoms with Crippen molar-refractivity contribution in [2.75, 3.05) is 13.7 Å². The molecule has 0 radical (unpaired) electrons. The Labute approximate surface area is 109 Å². The molecular formula is C15H23NO2. The third kappa shape index (κ3) is 3.16. The summed E-state index contributed by atoms with van der Waals surface area (Å²) in [5.74, 6) is 0.745.